The highest BCUT2D eigenvalue weighted by Gasteiger charge is 2.17. The van der Waals surface area contributed by atoms with E-state index in [1.54, 1.807) is 0 Å². The fourth-order valence-electron chi connectivity index (χ4n) is 6.98. The Hall–Kier alpha value is -7.04. The molecule has 0 aliphatic carbocycles. The highest BCUT2D eigenvalue weighted by Crippen LogP contribution is 2.40. The Morgan fingerprint density at radius 2 is 0.731 bits per heavy atom. The average Bonchev–Trinajstić information content (AvgIpc) is 3.72. The van der Waals surface area contributed by atoms with Gasteiger partial charge in [-0.15, -0.1) is 10.2 Å². The summed E-state index contributed by atoms with van der Waals surface area (Å²) in [5, 5.41) is 11.1. The van der Waals surface area contributed by atoms with Gasteiger partial charge in [0.05, 0.1) is 0 Å². The molecule has 0 radical (unpaired) electrons. The molecule has 1 heterocycles. The summed E-state index contributed by atoms with van der Waals surface area (Å²) in [4.78, 5) is 2.29. The summed E-state index contributed by atoms with van der Waals surface area (Å²) in [5.41, 5.74) is 12.1. The van der Waals surface area contributed by atoms with Crippen LogP contribution in [0.1, 0.15) is 0 Å². The van der Waals surface area contributed by atoms with Crippen LogP contribution in [0.2, 0.25) is 0 Å². The number of para-hydroxylation sites is 2. The van der Waals surface area contributed by atoms with Crippen LogP contribution >= 0.6 is 0 Å². The second-order valence-corrected chi connectivity index (χ2v) is 12.7. The predicted octanol–water partition coefficient (Wildman–Crippen LogP) is 13.0. The first kappa shape index (κ1) is 31.0. The minimum Gasteiger partial charge on any atom is -0.416 e. The number of benzene rings is 8. The molecular formula is C48H33N3O. The van der Waals surface area contributed by atoms with Crippen LogP contribution in [-0.4, -0.2) is 10.2 Å². The lowest BCUT2D eigenvalue weighted by atomic mass is 9.89. The van der Waals surface area contributed by atoms with Crippen molar-refractivity contribution >= 4 is 27.8 Å². The largest absolute Gasteiger partial charge is 0.416 e. The molecule has 0 amide bonds. The van der Waals surface area contributed by atoms with E-state index in [0.717, 1.165) is 55.7 Å². The number of nitrogens with zero attached hydrogens (tertiary/aromatic N) is 3. The summed E-state index contributed by atoms with van der Waals surface area (Å²) < 4.78 is 6.22. The number of rotatable bonds is 8. The van der Waals surface area contributed by atoms with Crippen molar-refractivity contribution in [3.8, 4) is 56.3 Å². The lowest BCUT2D eigenvalue weighted by Gasteiger charge is -2.25. The molecule has 0 fully saturated rings. The third-order valence-electron chi connectivity index (χ3n) is 9.50. The fourth-order valence-corrected chi connectivity index (χ4v) is 6.98. The Morgan fingerprint density at radius 3 is 1.35 bits per heavy atom. The Bertz CT molecular complexity index is 2570. The van der Waals surface area contributed by atoms with Gasteiger partial charge < -0.3 is 9.32 Å². The number of fused-ring (bicyclic) bond motifs is 1. The average molecular weight is 668 g/mol. The van der Waals surface area contributed by atoms with Gasteiger partial charge in [-0.25, -0.2) is 0 Å². The van der Waals surface area contributed by atoms with Crippen LogP contribution in [0.25, 0.3) is 67.1 Å². The van der Waals surface area contributed by atoms with Crippen LogP contribution in [0.4, 0.5) is 17.1 Å². The molecule has 0 atom stereocenters. The van der Waals surface area contributed by atoms with Gasteiger partial charge >= 0.3 is 0 Å². The Kier molecular flexibility index (Phi) is 8.16. The van der Waals surface area contributed by atoms with Gasteiger partial charge in [0.2, 0.25) is 11.8 Å². The zero-order chi connectivity index (χ0) is 34.7. The third-order valence-corrected chi connectivity index (χ3v) is 9.50. The van der Waals surface area contributed by atoms with E-state index in [9.17, 15) is 0 Å². The molecule has 9 aromatic rings. The van der Waals surface area contributed by atoms with Gasteiger partial charge in [0.15, 0.2) is 0 Å². The first-order valence-corrected chi connectivity index (χ1v) is 17.4. The number of hydrogen-bond donors (Lipinski definition) is 0. The first-order chi connectivity index (χ1) is 25.8. The standard InChI is InChI=1S/C48H33N3O/c1-3-16-38(17-4-1)51(39-18-5-2-6-19-39)40-32-30-36(31-33-40)42-21-10-12-24-45(42)44-23-11-9-20-41(44)35-26-28-37(29-27-35)47-49-50-48(52-47)46-25-13-15-34-14-7-8-22-43(34)46/h1-33H. The lowest BCUT2D eigenvalue weighted by molar-refractivity contribution is 0.585. The molecule has 0 aliphatic heterocycles. The van der Waals surface area contributed by atoms with E-state index < -0.39 is 0 Å². The van der Waals surface area contributed by atoms with Crippen LogP contribution in [-0.2, 0) is 0 Å². The molecule has 52 heavy (non-hydrogen) atoms. The van der Waals surface area contributed by atoms with Crippen molar-refractivity contribution in [3.05, 3.63) is 200 Å². The Morgan fingerprint density at radius 1 is 0.308 bits per heavy atom. The molecule has 0 aliphatic rings. The minimum atomic E-state index is 0.495. The fraction of sp³-hybridized carbons (Fsp3) is 0. The van der Waals surface area contributed by atoms with Crippen molar-refractivity contribution in [2.24, 2.45) is 0 Å². The summed E-state index contributed by atoms with van der Waals surface area (Å²) in [6.45, 7) is 0. The summed E-state index contributed by atoms with van der Waals surface area (Å²) in [7, 11) is 0. The molecule has 0 N–H and O–H groups in total. The van der Waals surface area contributed by atoms with Gasteiger partial charge in [0.25, 0.3) is 0 Å². The Balaban J connectivity index is 1.03. The van der Waals surface area contributed by atoms with Gasteiger partial charge in [-0.05, 0) is 98.8 Å². The SMILES string of the molecule is c1ccc(N(c2ccccc2)c2ccc(-c3ccccc3-c3ccccc3-c3ccc(-c4nnc(-c5cccc6ccccc56)o4)cc3)cc2)cc1. The van der Waals surface area contributed by atoms with Gasteiger partial charge in [0, 0.05) is 28.2 Å². The van der Waals surface area contributed by atoms with Crippen molar-refractivity contribution in [1.29, 1.82) is 0 Å². The Labute approximate surface area is 302 Å². The molecule has 1 aromatic heterocycles. The van der Waals surface area contributed by atoms with Crippen LogP contribution in [0.3, 0.4) is 0 Å². The first-order valence-electron chi connectivity index (χ1n) is 17.4. The number of aromatic nitrogens is 2. The number of hydrogen-bond acceptors (Lipinski definition) is 4. The predicted molar refractivity (Wildman–Crippen MR) is 214 cm³/mol. The van der Waals surface area contributed by atoms with E-state index in [2.05, 4.69) is 191 Å². The minimum absolute atomic E-state index is 0.495. The molecule has 0 unspecified atom stereocenters. The van der Waals surface area contributed by atoms with Gasteiger partial charge in [-0.1, -0.05) is 146 Å². The number of anilines is 3. The molecule has 9 rings (SSSR count). The smallest absolute Gasteiger partial charge is 0.248 e. The van der Waals surface area contributed by atoms with Crippen molar-refractivity contribution < 1.29 is 4.42 Å². The van der Waals surface area contributed by atoms with Gasteiger partial charge in [0.1, 0.15) is 0 Å². The van der Waals surface area contributed by atoms with E-state index in [0.29, 0.717) is 11.8 Å². The van der Waals surface area contributed by atoms with Crippen LogP contribution < -0.4 is 4.90 Å². The highest BCUT2D eigenvalue weighted by molar-refractivity contribution is 5.95. The molecular weight excluding hydrogens is 635 g/mol. The van der Waals surface area contributed by atoms with E-state index in [1.807, 2.05) is 24.3 Å². The van der Waals surface area contributed by atoms with Crippen molar-refractivity contribution in [1.82, 2.24) is 10.2 Å². The topological polar surface area (TPSA) is 42.2 Å². The van der Waals surface area contributed by atoms with E-state index >= 15 is 0 Å². The van der Waals surface area contributed by atoms with Crippen molar-refractivity contribution in [2.75, 3.05) is 4.90 Å². The van der Waals surface area contributed by atoms with Crippen molar-refractivity contribution in [2.45, 2.75) is 0 Å². The molecule has 0 saturated carbocycles. The van der Waals surface area contributed by atoms with E-state index in [4.69, 9.17) is 4.42 Å². The second kappa shape index (κ2) is 13.7. The molecule has 0 bridgehead atoms. The van der Waals surface area contributed by atoms with Crippen molar-refractivity contribution in [3.63, 3.8) is 0 Å². The third kappa shape index (κ3) is 5.93. The maximum absolute atomic E-state index is 6.22. The highest BCUT2D eigenvalue weighted by atomic mass is 16.4. The summed E-state index contributed by atoms with van der Waals surface area (Å²) in [6, 6.07) is 69.9. The molecule has 8 aromatic carbocycles. The summed E-state index contributed by atoms with van der Waals surface area (Å²) >= 11 is 0. The van der Waals surface area contributed by atoms with Gasteiger partial charge in [-0.2, -0.15) is 0 Å². The van der Waals surface area contributed by atoms with Crippen LogP contribution in [0, 0.1) is 0 Å². The lowest BCUT2D eigenvalue weighted by Crippen LogP contribution is -2.09. The summed E-state index contributed by atoms with van der Waals surface area (Å²) in [6.07, 6.45) is 0. The zero-order valence-electron chi connectivity index (χ0n) is 28.3. The quantitative estimate of drug-likeness (QED) is 0.162. The molecule has 0 saturated heterocycles. The van der Waals surface area contributed by atoms with Gasteiger partial charge in [-0.3, -0.25) is 0 Å². The summed E-state index contributed by atoms with van der Waals surface area (Å²) in [5.74, 6) is 1.01. The molecule has 0 spiro atoms. The van der Waals surface area contributed by atoms with E-state index in [1.165, 1.54) is 16.7 Å². The van der Waals surface area contributed by atoms with E-state index in [-0.39, 0.29) is 0 Å². The molecule has 4 nitrogen and oxygen atoms in total. The maximum atomic E-state index is 6.22. The molecule has 246 valence electrons. The normalized spacial score (nSPS) is 11.1. The zero-order valence-corrected chi connectivity index (χ0v) is 28.3. The molecule has 4 heteroatoms. The van der Waals surface area contributed by atoms with Crippen LogP contribution in [0.15, 0.2) is 205 Å². The monoisotopic (exact) mass is 667 g/mol. The van der Waals surface area contributed by atoms with Crippen LogP contribution in [0.5, 0.6) is 0 Å². The maximum Gasteiger partial charge on any atom is 0.248 e. The second-order valence-electron chi connectivity index (χ2n) is 12.7.